The van der Waals surface area contributed by atoms with E-state index in [1.807, 2.05) is 24.3 Å². The van der Waals surface area contributed by atoms with Crippen molar-refractivity contribution in [2.24, 2.45) is 0 Å². The van der Waals surface area contributed by atoms with Crippen LogP contribution >= 0.6 is 45.3 Å². The van der Waals surface area contributed by atoms with Gasteiger partial charge < -0.3 is 43.5 Å². The minimum atomic E-state index is -1.25. The number of aliphatic carboxylic acids is 2. The fourth-order valence-corrected chi connectivity index (χ4v) is 13.5. The Morgan fingerprint density at radius 3 is 1.31 bits per heavy atom. The van der Waals surface area contributed by atoms with Gasteiger partial charge in [-0.2, -0.15) is 10.5 Å². The number of nitrogens with zero attached hydrogens (tertiary/aromatic N) is 3. The minimum absolute atomic E-state index is 0.303. The number of ether oxygens (including phenoxy) is 6. The first-order chi connectivity index (χ1) is 39.1. The molecule has 13 nitrogen and oxygen atoms in total. The molecule has 4 heterocycles. The van der Waals surface area contributed by atoms with E-state index in [2.05, 4.69) is 104 Å². The van der Waals surface area contributed by atoms with E-state index in [1.54, 1.807) is 41.9 Å². The molecule has 0 aliphatic carbocycles. The molecule has 0 radical (unpaired) electrons. The van der Waals surface area contributed by atoms with Crippen LogP contribution in [-0.2, 0) is 23.8 Å². The van der Waals surface area contributed by atoms with Crippen LogP contribution in [-0.4, -0.2) is 82.1 Å². The second-order valence-electron chi connectivity index (χ2n) is 18.6. The zero-order valence-electron chi connectivity index (χ0n) is 45.0. The highest BCUT2D eigenvalue weighted by molar-refractivity contribution is 7.30. The molecule has 0 aliphatic heterocycles. The number of carboxylic acid groups (broad SMARTS) is 2. The van der Waals surface area contributed by atoms with Gasteiger partial charge in [0.1, 0.15) is 47.1 Å². The molecule has 0 saturated heterocycles. The van der Waals surface area contributed by atoms with Gasteiger partial charge in [0.2, 0.25) is 0 Å². The lowest BCUT2D eigenvalue weighted by molar-refractivity contribution is -0.133. The number of nitriles is 2. The Morgan fingerprint density at radius 1 is 0.500 bits per heavy atom. The van der Waals surface area contributed by atoms with E-state index in [4.69, 9.17) is 28.4 Å². The van der Waals surface area contributed by atoms with Crippen LogP contribution in [0.5, 0.6) is 17.2 Å². The van der Waals surface area contributed by atoms with Gasteiger partial charge in [0.05, 0.1) is 51.8 Å². The number of hydrogen-bond donors (Lipinski definition) is 2. The normalized spacial score (nSPS) is 11.7. The van der Waals surface area contributed by atoms with Gasteiger partial charge in [-0.3, -0.25) is 0 Å². The van der Waals surface area contributed by atoms with E-state index >= 15 is 0 Å². The maximum atomic E-state index is 11.5. The lowest BCUT2D eigenvalue weighted by atomic mass is 10.0. The van der Waals surface area contributed by atoms with E-state index in [1.165, 1.54) is 34.8 Å². The number of unbranched alkanes of at least 4 members (excludes halogenated alkanes) is 6. The number of fused-ring (bicyclic) bond motifs is 2. The predicted octanol–water partition coefficient (Wildman–Crippen LogP) is 16.7. The Labute approximate surface area is 482 Å². The molecular weight excluding hydrogens is 1090 g/mol. The summed E-state index contributed by atoms with van der Waals surface area (Å²) in [5.74, 6) is -0.486. The van der Waals surface area contributed by atoms with E-state index in [9.17, 15) is 30.3 Å². The first-order valence-electron chi connectivity index (χ1n) is 26.7. The molecule has 0 unspecified atom stereocenters. The highest BCUT2D eigenvalue weighted by atomic mass is 32.1. The third-order valence-corrected chi connectivity index (χ3v) is 17.4. The second-order valence-corrected chi connectivity index (χ2v) is 23.0. The minimum Gasteiger partial charge on any atom is -0.493 e. The molecule has 8 rings (SSSR count). The van der Waals surface area contributed by atoms with Crippen LogP contribution in [0.4, 0.5) is 17.1 Å². The summed E-state index contributed by atoms with van der Waals surface area (Å²) in [6.07, 6.45) is 11.3. The Bertz CT molecular complexity index is 3230. The van der Waals surface area contributed by atoms with Crippen LogP contribution in [0.15, 0.2) is 120 Å². The quantitative estimate of drug-likeness (QED) is 0.0231. The number of rotatable bonds is 32. The smallest absolute Gasteiger partial charge is 0.346 e. The Kier molecular flexibility index (Phi) is 21.9. The van der Waals surface area contributed by atoms with Gasteiger partial charge in [-0.25, -0.2) is 9.59 Å². The van der Waals surface area contributed by atoms with Gasteiger partial charge >= 0.3 is 11.9 Å². The van der Waals surface area contributed by atoms with Gasteiger partial charge in [-0.05, 0) is 102 Å². The largest absolute Gasteiger partial charge is 0.493 e. The maximum absolute atomic E-state index is 11.5. The predicted molar refractivity (Wildman–Crippen MR) is 325 cm³/mol. The third kappa shape index (κ3) is 15.7. The fraction of sp³-hybridized carbons (Fsp3) is 0.302. The molecule has 0 atom stereocenters. The summed E-state index contributed by atoms with van der Waals surface area (Å²) in [6, 6.07) is 40.9. The molecule has 0 fully saturated rings. The van der Waals surface area contributed by atoms with Crippen LogP contribution in [0.2, 0.25) is 0 Å². The standard InChI is InChI=1S/C63H63N3O10S4/c1-4-6-8-10-24-75-53-34-50(74-31-30-73-29-28-72-27-26-71-3)35-54(76-25-11-9-7-5-2)61(53)44-16-22-49(23-17-44)66(47-18-12-42(13-19-47)55-38-59-57(79-55)36-51(77-59)32-45(40-64)62(67)68)48-20-14-43(15-21-48)56-39-60-58(80-56)37-52(78-60)33-46(41-65)63(69)70/h12-23,32-39H,4-11,24-31H2,1-3H3,(H,67,68)(H,69,70)/b45-32+,46-33+. The van der Waals surface area contributed by atoms with Crippen LogP contribution in [0, 0.1) is 22.7 Å². The van der Waals surface area contributed by atoms with Gasteiger partial charge in [-0.15, -0.1) is 45.3 Å². The summed E-state index contributed by atoms with van der Waals surface area (Å²) >= 11 is 6.13. The third-order valence-electron chi connectivity index (χ3n) is 12.8. The Morgan fingerprint density at radius 2 is 0.912 bits per heavy atom. The SMILES string of the molecule is CCCCCCOc1cc(OCCOCCOCCOC)cc(OCCCCCC)c1-c1ccc(N(c2ccc(-c3cc4sc(/C=C(\C#N)C(=O)O)cc4s3)cc2)c2ccc(-c3cc4sc(/C=C(\C#N)C(=O)O)cc4s3)cc2)cc1. The average molecular weight is 1150 g/mol. The van der Waals surface area contributed by atoms with Gasteiger partial charge in [0.25, 0.3) is 0 Å². The van der Waals surface area contributed by atoms with Crippen molar-refractivity contribution in [1.29, 1.82) is 10.5 Å². The topological polar surface area (TPSA) is 181 Å². The molecule has 0 aliphatic rings. The number of anilines is 3. The van der Waals surface area contributed by atoms with Crippen LogP contribution in [0.1, 0.15) is 75.0 Å². The van der Waals surface area contributed by atoms with Crippen molar-refractivity contribution in [3.63, 3.8) is 0 Å². The van der Waals surface area contributed by atoms with Gasteiger partial charge in [0.15, 0.2) is 0 Å². The van der Waals surface area contributed by atoms with Crippen molar-refractivity contribution in [1.82, 2.24) is 0 Å². The lowest BCUT2D eigenvalue weighted by Gasteiger charge is -2.26. The molecule has 0 spiro atoms. The van der Waals surface area contributed by atoms with Crippen molar-refractivity contribution in [2.75, 3.05) is 64.9 Å². The fourth-order valence-electron chi connectivity index (χ4n) is 8.74. The first kappa shape index (κ1) is 58.8. The van der Waals surface area contributed by atoms with Crippen molar-refractivity contribution in [3.8, 4) is 61.4 Å². The molecule has 414 valence electrons. The molecule has 4 aromatic heterocycles. The molecule has 4 aromatic carbocycles. The summed E-state index contributed by atoms with van der Waals surface area (Å²) in [6.45, 7) is 8.21. The van der Waals surface area contributed by atoms with Crippen molar-refractivity contribution < 1.29 is 48.2 Å². The van der Waals surface area contributed by atoms with E-state index in [0.29, 0.717) is 79.9 Å². The number of hydrogen-bond acceptors (Lipinski definition) is 15. The Balaban J connectivity index is 1.12. The van der Waals surface area contributed by atoms with E-state index in [-0.39, 0.29) is 11.1 Å². The molecule has 0 amide bonds. The molecule has 2 N–H and O–H groups in total. The monoisotopic (exact) mass is 1150 g/mol. The summed E-state index contributed by atoms with van der Waals surface area (Å²) in [4.78, 5) is 28.8. The number of carbonyl (C=O) groups is 2. The first-order valence-corrected chi connectivity index (χ1v) is 29.9. The van der Waals surface area contributed by atoms with Crippen LogP contribution in [0.3, 0.4) is 0 Å². The number of thiophene rings is 4. The number of carboxylic acids is 2. The lowest BCUT2D eigenvalue weighted by Crippen LogP contribution is -2.12. The van der Waals surface area contributed by atoms with Crippen LogP contribution in [0.25, 0.3) is 63.0 Å². The Hall–Kier alpha value is -7.32. The molecular formula is C63H63N3O10S4. The molecule has 80 heavy (non-hydrogen) atoms. The molecule has 17 heteroatoms. The molecule has 0 saturated carbocycles. The van der Waals surface area contributed by atoms with Gasteiger partial charge in [0, 0.05) is 74.6 Å². The summed E-state index contributed by atoms with van der Waals surface area (Å²) in [5, 5.41) is 37.4. The maximum Gasteiger partial charge on any atom is 0.346 e. The van der Waals surface area contributed by atoms with Gasteiger partial charge in [-0.1, -0.05) is 88.8 Å². The molecule has 8 aromatic rings. The zero-order valence-corrected chi connectivity index (χ0v) is 48.3. The second kappa shape index (κ2) is 29.8. The summed E-state index contributed by atoms with van der Waals surface area (Å²) in [7, 11) is 1.65. The number of benzene rings is 4. The summed E-state index contributed by atoms with van der Waals surface area (Å²) < 4.78 is 40.1. The molecule has 0 bridgehead atoms. The summed E-state index contributed by atoms with van der Waals surface area (Å²) in [5.41, 5.74) is 6.04. The average Bonchev–Trinajstić information content (AvgIpc) is 4.31. The highest BCUT2D eigenvalue weighted by Gasteiger charge is 2.21. The van der Waals surface area contributed by atoms with Crippen molar-refractivity contribution in [2.45, 2.75) is 65.2 Å². The zero-order chi connectivity index (χ0) is 56.2. The van der Waals surface area contributed by atoms with E-state index in [0.717, 1.165) is 119 Å². The van der Waals surface area contributed by atoms with Crippen molar-refractivity contribution in [3.05, 3.63) is 130 Å². The highest BCUT2D eigenvalue weighted by Crippen LogP contribution is 2.46. The van der Waals surface area contributed by atoms with E-state index < -0.39 is 11.9 Å². The van der Waals surface area contributed by atoms with Crippen LogP contribution < -0.4 is 19.1 Å². The van der Waals surface area contributed by atoms with Crippen molar-refractivity contribution >= 4 is 105 Å². The number of methoxy groups -OCH3 is 1.